The van der Waals surface area contributed by atoms with Gasteiger partial charge in [-0.3, -0.25) is 9.69 Å². The summed E-state index contributed by atoms with van der Waals surface area (Å²) < 4.78 is 0.798. The minimum absolute atomic E-state index is 0.141. The van der Waals surface area contributed by atoms with Gasteiger partial charge in [-0.15, -0.1) is 0 Å². The number of aromatic nitrogens is 1. The fourth-order valence-corrected chi connectivity index (χ4v) is 2.33. The highest BCUT2D eigenvalue weighted by molar-refractivity contribution is 9.10. The SMILES string of the molecule is Cc1ccc(N2CC(CS)CC2=O)nc1Br. The summed E-state index contributed by atoms with van der Waals surface area (Å²) in [6.07, 6.45) is 0.580. The zero-order chi connectivity index (χ0) is 11.7. The van der Waals surface area contributed by atoms with Crippen LogP contribution in [0.3, 0.4) is 0 Å². The summed E-state index contributed by atoms with van der Waals surface area (Å²) in [7, 11) is 0. The third-order valence-electron chi connectivity index (χ3n) is 2.76. The van der Waals surface area contributed by atoms with E-state index in [1.54, 1.807) is 4.90 Å². The molecule has 1 amide bonds. The van der Waals surface area contributed by atoms with E-state index in [1.807, 2.05) is 19.1 Å². The molecule has 86 valence electrons. The lowest BCUT2D eigenvalue weighted by Crippen LogP contribution is -2.25. The lowest BCUT2D eigenvalue weighted by atomic mass is 10.1. The van der Waals surface area contributed by atoms with E-state index in [4.69, 9.17) is 0 Å². The van der Waals surface area contributed by atoms with Crippen molar-refractivity contribution in [3.05, 3.63) is 22.3 Å². The van der Waals surface area contributed by atoms with E-state index in [0.717, 1.165) is 28.3 Å². The summed E-state index contributed by atoms with van der Waals surface area (Å²) in [5, 5.41) is 0. The molecule has 0 N–H and O–H groups in total. The molecule has 0 bridgehead atoms. The number of anilines is 1. The summed E-state index contributed by atoms with van der Waals surface area (Å²) in [6, 6.07) is 3.85. The molecule has 1 aromatic rings. The number of hydrogen-bond donors (Lipinski definition) is 1. The number of nitrogens with zero attached hydrogens (tertiary/aromatic N) is 2. The van der Waals surface area contributed by atoms with E-state index in [1.165, 1.54) is 0 Å². The first kappa shape index (κ1) is 11.9. The van der Waals surface area contributed by atoms with Crippen molar-refractivity contribution in [1.29, 1.82) is 0 Å². The van der Waals surface area contributed by atoms with Gasteiger partial charge in [-0.1, -0.05) is 6.07 Å². The zero-order valence-corrected chi connectivity index (χ0v) is 11.5. The van der Waals surface area contributed by atoms with Crippen molar-refractivity contribution >= 4 is 40.3 Å². The lowest BCUT2D eigenvalue weighted by Gasteiger charge is -2.15. The number of amides is 1. The first-order chi connectivity index (χ1) is 7.61. The Labute approximate surface area is 109 Å². The Kier molecular flexibility index (Phi) is 3.54. The van der Waals surface area contributed by atoms with Crippen LogP contribution < -0.4 is 4.90 Å². The molecule has 1 unspecified atom stereocenters. The summed E-state index contributed by atoms with van der Waals surface area (Å²) >= 11 is 7.62. The molecular formula is C11H13BrN2OS. The van der Waals surface area contributed by atoms with Crippen LogP contribution in [0.1, 0.15) is 12.0 Å². The van der Waals surface area contributed by atoms with Crippen LogP contribution in [0.25, 0.3) is 0 Å². The maximum atomic E-state index is 11.8. The predicted molar refractivity (Wildman–Crippen MR) is 71.0 cm³/mol. The Morgan fingerprint density at radius 1 is 1.62 bits per heavy atom. The maximum absolute atomic E-state index is 11.8. The van der Waals surface area contributed by atoms with Crippen molar-refractivity contribution in [3.8, 4) is 0 Å². The molecular weight excluding hydrogens is 288 g/mol. The van der Waals surface area contributed by atoms with E-state index in [9.17, 15) is 4.79 Å². The Bertz CT molecular complexity index is 424. The number of carbonyl (C=O) groups excluding carboxylic acids is 1. The Balaban J connectivity index is 2.24. The minimum atomic E-state index is 0.141. The van der Waals surface area contributed by atoms with Gasteiger partial charge in [-0.2, -0.15) is 12.6 Å². The van der Waals surface area contributed by atoms with E-state index in [0.29, 0.717) is 12.3 Å². The van der Waals surface area contributed by atoms with Crippen LogP contribution >= 0.6 is 28.6 Å². The Morgan fingerprint density at radius 2 is 2.38 bits per heavy atom. The van der Waals surface area contributed by atoms with E-state index in [-0.39, 0.29) is 5.91 Å². The van der Waals surface area contributed by atoms with Crippen molar-refractivity contribution in [1.82, 2.24) is 4.98 Å². The Morgan fingerprint density at radius 3 is 2.94 bits per heavy atom. The van der Waals surface area contributed by atoms with E-state index in [2.05, 4.69) is 33.5 Å². The van der Waals surface area contributed by atoms with Crippen molar-refractivity contribution in [2.75, 3.05) is 17.2 Å². The van der Waals surface area contributed by atoms with Gasteiger partial charge in [0.05, 0.1) is 0 Å². The number of thiol groups is 1. The summed E-state index contributed by atoms with van der Waals surface area (Å²) in [5.74, 6) is 1.96. The van der Waals surface area contributed by atoms with Gasteiger partial charge in [0.25, 0.3) is 0 Å². The fraction of sp³-hybridized carbons (Fsp3) is 0.455. The van der Waals surface area contributed by atoms with Gasteiger partial charge in [0, 0.05) is 13.0 Å². The van der Waals surface area contributed by atoms with Gasteiger partial charge in [0.1, 0.15) is 10.4 Å². The molecule has 2 heterocycles. The molecule has 0 spiro atoms. The van der Waals surface area contributed by atoms with Gasteiger partial charge in [-0.05, 0) is 46.2 Å². The van der Waals surface area contributed by atoms with Gasteiger partial charge < -0.3 is 0 Å². The average Bonchev–Trinajstić information content (AvgIpc) is 2.64. The second kappa shape index (κ2) is 4.75. The predicted octanol–water partition coefficient (Wildman–Crippen LogP) is 2.44. The summed E-state index contributed by atoms with van der Waals surface area (Å²) in [6.45, 7) is 2.70. The van der Waals surface area contributed by atoms with Gasteiger partial charge in [0.2, 0.25) is 5.91 Å². The number of pyridine rings is 1. The van der Waals surface area contributed by atoms with Crippen LogP contribution in [-0.2, 0) is 4.79 Å². The first-order valence-corrected chi connectivity index (χ1v) is 6.58. The van der Waals surface area contributed by atoms with Crippen molar-refractivity contribution in [3.63, 3.8) is 0 Å². The molecule has 0 saturated carbocycles. The van der Waals surface area contributed by atoms with Gasteiger partial charge in [0.15, 0.2) is 0 Å². The molecule has 0 aliphatic carbocycles. The summed E-state index contributed by atoms with van der Waals surface area (Å²) in [5.41, 5.74) is 1.07. The second-order valence-corrected chi connectivity index (χ2v) is 5.15. The quantitative estimate of drug-likeness (QED) is 0.672. The number of hydrogen-bond acceptors (Lipinski definition) is 3. The average molecular weight is 301 g/mol. The third-order valence-corrected chi connectivity index (χ3v) is 4.08. The normalized spacial score (nSPS) is 20.6. The molecule has 0 radical (unpaired) electrons. The van der Waals surface area contributed by atoms with Crippen LogP contribution in [0.5, 0.6) is 0 Å². The second-order valence-electron chi connectivity index (χ2n) is 4.03. The lowest BCUT2D eigenvalue weighted by molar-refractivity contribution is -0.117. The molecule has 1 saturated heterocycles. The smallest absolute Gasteiger partial charge is 0.228 e. The molecule has 1 aromatic heterocycles. The molecule has 2 rings (SSSR count). The molecule has 5 heteroatoms. The molecule has 1 aliphatic rings. The standard InChI is InChI=1S/C11H13BrN2OS/c1-7-2-3-9(13-11(7)12)14-5-8(6-16)4-10(14)15/h2-3,8,16H,4-6H2,1H3. The zero-order valence-electron chi connectivity index (χ0n) is 8.98. The maximum Gasteiger partial charge on any atom is 0.228 e. The molecule has 1 fully saturated rings. The third kappa shape index (κ3) is 2.25. The fourth-order valence-electron chi connectivity index (χ4n) is 1.77. The van der Waals surface area contributed by atoms with Crippen LogP contribution in [0.15, 0.2) is 16.7 Å². The number of aryl methyl sites for hydroxylation is 1. The Hall–Kier alpha value is -0.550. The topological polar surface area (TPSA) is 33.2 Å². The highest BCUT2D eigenvalue weighted by Crippen LogP contribution is 2.26. The highest BCUT2D eigenvalue weighted by atomic mass is 79.9. The van der Waals surface area contributed by atoms with Crippen LogP contribution in [0.2, 0.25) is 0 Å². The number of carbonyl (C=O) groups is 1. The summed E-state index contributed by atoms with van der Waals surface area (Å²) in [4.78, 5) is 17.9. The van der Waals surface area contributed by atoms with Gasteiger partial charge >= 0.3 is 0 Å². The van der Waals surface area contributed by atoms with Crippen LogP contribution in [0.4, 0.5) is 5.82 Å². The molecule has 0 aromatic carbocycles. The number of halogens is 1. The monoisotopic (exact) mass is 300 g/mol. The highest BCUT2D eigenvalue weighted by Gasteiger charge is 2.30. The van der Waals surface area contributed by atoms with Crippen molar-refractivity contribution < 1.29 is 4.79 Å². The minimum Gasteiger partial charge on any atom is -0.296 e. The van der Waals surface area contributed by atoms with E-state index < -0.39 is 0 Å². The molecule has 3 nitrogen and oxygen atoms in total. The largest absolute Gasteiger partial charge is 0.296 e. The van der Waals surface area contributed by atoms with Crippen molar-refractivity contribution in [2.24, 2.45) is 5.92 Å². The van der Waals surface area contributed by atoms with Crippen LogP contribution in [0, 0.1) is 12.8 Å². The molecule has 1 aliphatic heterocycles. The number of rotatable bonds is 2. The van der Waals surface area contributed by atoms with Gasteiger partial charge in [-0.25, -0.2) is 4.98 Å². The van der Waals surface area contributed by atoms with E-state index >= 15 is 0 Å². The molecule has 16 heavy (non-hydrogen) atoms. The van der Waals surface area contributed by atoms with Crippen LogP contribution in [-0.4, -0.2) is 23.2 Å². The van der Waals surface area contributed by atoms with Crippen molar-refractivity contribution in [2.45, 2.75) is 13.3 Å². The molecule has 1 atom stereocenters. The first-order valence-electron chi connectivity index (χ1n) is 5.16.